The van der Waals surface area contributed by atoms with E-state index in [9.17, 15) is 0 Å². The normalized spacial score (nSPS) is 12.9. The SMILES string of the molecule is CCCCCCCCCC(Br)c1cc(Br)c(Cl)s1. The van der Waals surface area contributed by atoms with Crippen LogP contribution >= 0.6 is 54.8 Å². The lowest BCUT2D eigenvalue weighted by atomic mass is 10.1. The summed E-state index contributed by atoms with van der Waals surface area (Å²) in [4.78, 5) is 1.79. The summed E-state index contributed by atoms with van der Waals surface area (Å²) in [7, 11) is 0. The molecule has 0 spiro atoms. The Kier molecular flexibility index (Phi) is 9.25. The zero-order chi connectivity index (χ0) is 13.4. The van der Waals surface area contributed by atoms with Crippen molar-refractivity contribution in [3.63, 3.8) is 0 Å². The number of halogens is 3. The maximum atomic E-state index is 6.06. The zero-order valence-corrected chi connectivity index (χ0v) is 15.6. The van der Waals surface area contributed by atoms with Crippen LogP contribution in [0.2, 0.25) is 4.34 Å². The van der Waals surface area contributed by atoms with E-state index in [0.717, 1.165) is 8.81 Å². The molecule has 0 radical (unpaired) electrons. The Labute approximate surface area is 137 Å². The molecule has 1 unspecified atom stereocenters. The average Bonchev–Trinajstić information content (AvgIpc) is 2.68. The fourth-order valence-corrected chi connectivity index (χ4v) is 4.43. The summed E-state index contributed by atoms with van der Waals surface area (Å²) in [5.41, 5.74) is 0. The van der Waals surface area contributed by atoms with E-state index >= 15 is 0 Å². The molecule has 1 aromatic heterocycles. The Bertz CT molecular complexity index is 319. The van der Waals surface area contributed by atoms with E-state index in [2.05, 4.69) is 44.8 Å². The lowest BCUT2D eigenvalue weighted by Gasteiger charge is -2.07. The summed E-state index contributed by atoms with van der Waals surface area (Å²) < 4.78 is 1.88. The topological polar surface area (TPSA) is 0 Å². The van der Waals surface area contributed by atoms with Crippen molar-refractivity contribution in [3.8, 4) is 0 Å². The van der Waals surface area contributed by atoms with Crippen LogP contribution in [0, 0.1) is 0 Å². The lowest BCUT2D eigenvalue weighted by molar-refractivity contribution is 0.575. The molecule has 18 heavy (non-hydrogen) atoms. The van der Waals surface area contributed by atoms with Crippen LogP contribution in [-0.2, 0) is 0 Å². The molecular formula is C14H21Br2ClS. The summed E-state index contributed by atoms with van der Waals surface area (Å²) in [5, 5.41) is 0. The van der Waals surface area contributed by atoms with Crippen molar-refractivity contribution in [3.05, 3.63) is 19.8 Å². The van der Waals surface area contributed by atoms with Gasteiger partial charge >= 0.3 is 0 Å². The molecule has 1 rings (SSSR count). The predicted molar refractivity (Wildman–Crippen MR) is 91.3 cm³/mol. The quantitative estimate of drug-likeness (QED) is 0.285. The average molecular weight is 417 g/mol. The van der Waals surface area contributed by atoms with Gasteiger partial charge in [-0.25, -0.2) is 0 Å². The fourth-order valence-electron chi connectivity index (χ4n) is 1.94. The second kappa shape index (κ2) is 9.79. The Balaban J connectivity index is 2.12. The Morgan fingerprint density at radius 2 is 1.78 bits per heavy atom. The van der Waals surface area contributed by atoms with Crippen molar-refractivity contribution in [1.82, 2.24) is 0 Å². The van der Waals surface area contributed by atoms with Crippen molar-refractivity contribution in [2.75, 3.05) is 0 Å². The summed E-state index contributed by atoms with van der Waals surface area (Å²) in [6.45, 7) is 2.26. The minimum absolute atomic E-state index is 0.460. The maximum Gasteiger partial charge on any atom is 0.107 e. The molecule has 4 heteroatoms. The van der Waals surface area contributed by atoms with Crippen molar-refractivity contribution in [2.45, 2.75) is 63.1 Å². The second-order valence-electron chi connectivity index (χ2n) is 4.65. The maximum absolute atomic E-state index is 6.06. The van der Waals surface area contributed by atoms with Gasteiger partial charge < -0.3 is 0 Å². The molecule has 0 nitrogen and oxygen atoms in total. The molecule has 0 saturated carbocycles. The van der Waals surface area contributed by atoms with Crippen molar-refractivity contribution < 1.29 is 0 Å². The molecule has 104 valence electrons. The highest BCUT2D eigenvalue weighted by atomic mass is 79.9. The summed E-state index contributed by atoms with van der Waals surface area (Å²) in [6.07, 6.45) is 10.8. The van der Waals surface area contributed by atoms with Crippen molar-refractivity contribution in [2.24, 2.45) is 0 Å². The summed E-state index contributed by atoms with van der Waals surface area (Å²) in [6, 6.07) is 2.13. The molecule has 0 aromatic carbocycles. The van der Waals surface area contributed by atoms with Crippen molar-refractivity contribution in [1.29, 1.82) is 0 Å². The molecule has 0 amide bonds. The number of hydrogen-bond donors (Lipinski definition) is 0. The van der Waals surface area contributed by atoms with Crippen LogP contribution in [0.15, 0.2) is 10.5 Å². The van der Waals surface area contributed by atoms with Gasteiger partial charge in [0, 0.05) is 14.2 Å². The summed E-state index contributed by atoms with van der Waals surface area (Å²) >= 11 is 14.9. The van der Waals surface area contributed by atoms with E-state index in [1.807, 2.05) is 0 Å². The van der Waals surface area contributed by atoms with E-state index in [1.165, 1.54) is 56.2 Å². The van der Waals surface area contributed by atoms with Crippen LogP contribution in [-0.4, -0.2) is 0 Å². The van der Waals surface area contributed by atoms with Gasteiger partial charge in [-0.3, -0.25) is 0 Å². The Morgan fingerprint density at radius 1 is 1.17 bits per heavy atom. The minimum Gasteiger partial charge on any atom is -0.126 e. The monoisotopic (exact) mass is 414 g/mol. The predicted octanol–water partition coefficient (Wildman–Crippen LogP) is 7.74. The second-order valence-corrected chi connectivity index (χ2v) is 8.29. The van der Waals surface area contributed by atoms with E-state index in [1.54, 1.807) is 11.3 Å². The van der Waals surface area contributed by atoms with Gasteiger partial charge in [-0.2, -0.15) is 0 Å². The fraction of sp³-hybridized carbons (Fsp3) is 0.714. The van der Waals surface area contributed by atoms with Crippen molar-refractivity contribution >= 4 is 54.8 Å². The largest absolute Gasteiger partial charge is 0.126 e. The highest BCUT2D eigenvalue weighted by Gasteiger charge is 2.12. The first-order chi connectivity index (χ1) is 8.65. The molecule has 1 heterocycles. The van der Waals surface area contributed by atoms with Gasteiger partial charge in [0.25, 0.3) is 0 Å². The van der Waals surface area contributed by atoms with Gasteiger partial charge in [0.05, 0.1) is 0 Å². The molecule has 0 bridgehead atoms. The number of rotatable bonds is 9. The van der Waals surface area contributed by atoms with Crippen LogP contribution in [0.25, 0.3) is 0 Å². The molecule has 0 aliphatic rings. The van der Waals surface area contributed by atoms with Gasteiger partial charge in [0.1, 0.15) is 4.34 Å². The lowest BCUT2D eigenvalue weighted by Crippen LogP contribution is -1.87. The molecule has 0 saturated heterocycles. The molecule has 0 aliphatic heterocycles. The van der Waals surface area contributed by atoms with Gasteiger partial charge in [-0.1, -0.05) is 79.4 Å². The smallest absolute Gasteiger partial charge is 0.107 e. The van der Waals surface area contributed by atoms with E-state index < -0.39 is 0 Å². The van der Waals surface area contributed by atoms with E-state index in [-0.39, 0.29) is 0 Å². The van der Waals surface area contributed by atoms with Gasteiger partial charge in [-0.15, -0.1) is 11.3 Å². The minimum atomic E-state index is 0.460. The van der Waals surface area contributed by atoms with Crippen LogP contribution < -0.4 is 0 Å². The third kappa shape index (κ3) is 6.40. The third-order valence-electron chi connectivity index (χ3n) is 3.03. The molecule has 0 aliphatic carbocycles. The Hall–Kier alpha value is 0.950. The Morgan fingerprint density at radius 3 is 2.33 bits per heavy atom. The van der Waals surface area contributed by atoms with Gasteiger partial charge in [-0.05, 0) is 28.4 Å². The summed E-state index contributed by atoms with van der Waals surface area (Å²) in [5.74, 6) is 0. The molecule has 0 fully saturated rings. The van der Waals surface area contributed by atoms with Crippen LogP contribution in [0.4, 0.5) is 0 Å². The number of thiophene rings is 1. The number of unbranched alkanes of at least 4 members (excludes halogenated alkanes) is 6. The van der Waals surface area contributed by atoms with Gasteiger partial charge in [0.15, 0.2) is 0 Å². The van der Waals surface area contributed by atoms with Crippen LogP contribution in [0.3, 0.4) is 0 Å². The molecule has 0 N–H and O–H groups in total. The number of hydrogen-bond acceptors (Lipinski definition) is 1. The van der Waals surface area contributed by atoms with Crippen LogP contribution in [0.1, 0.15) is 68.0 Å². The van der Waals surface area contributed by atoms with E-state index in [0.29, 0.717) is 4.83 Å². The zero-order valence-electron chi connectivity index (χ0n) is 10.9. The number of alkyl halides is 1. The standard InChI is InChI=1S/C14H21Br2ClS/c1-2-3-4-5-6-7-8-9-11(15)13-10-12(16)14(17)18-13/h10-11H,2-9H2,1H3. The first kappa shape index (κ1) is 17.0. The first-order valence-electron chi connectivity index (χ1n) is 6.74. The molecule has 1 atom stereocenters. The van der Waals surface area contributed by atoms with E-state index in [4.69, 9.17) is 11.6 Å². The first-order valence-corrected chi connectivity index (χ1v) is 9.64. The molecule has 1 aromatic rings. The molecular weight excluding hydrogens is 395 g/mol. The highest BCUT2D eigenvalue weighted by molar-refractivity contribution is 9.10. The third-order valence-corrected chi connectivity index (χ3v) is 6.88. The van der Waals surface area contributed by atoms with Crippen LogP contribution in [0.5, 0.6) is 0 Å². The highest BCUT2D eigenvalue weighted by Crippen LogP contribution is 2.40. The van der Waals surface area contributed by atoms with Gasteiger partial charge in [0.2, 0.25) is 0 Å².